The molecule has 1 amide bonds. The Morgan fingerprint density at radius 1 is 1.63 bits per heavy atom. The van der Waals surface area contributed by atoms with Gasteiger partial charge in [-0.25, -0.2) is 0 Å². The molecule has 2 rings (SSSR count). The molecular weight excluding hydrogens is 250 g/mol. The minimum atomic E-state index is -0.504. The van der Waals surface area contributed by atoms with Crippen molar-refractivity contribution in [3.05, 3.63) is 28.1 Å². The molecule has 7 nitrogen and oxygen atoms in total. The summed E-state index contributed by atoms with van der Waals surface area (Å²) in [5, 5.41) is 22.7. The number of nitrogens with one attached hydrogen (secondary N) is 1. The van der Waals surface area contributed by atoms with Crippen molar-refractivity contribution < 1.29 is 14.8 Å². The summed E-state index contributed by atoms with van der Waals surface area (Å²) >= 11 is 0. The molecule has 0 unspecified atom stereocenters. The van der Waals surface area contributed by atoms with Crippen LogP contribution in [-0.2, 0) is 6.54 Å². The van der Waals surface area contributed by atoms with Gasteiger partial charge in [-0.1, -0.05) is 6.92 Å². The van der Waals surface area contributed by atoms with Gasteiger partial charge in [-0.3, -0.25) is 14.9 Å². The number of aliphatic hydroxyl groups is 1. The van der Waals surface area contributed by atoms with Gasteiger partial charge in [0.15, 0.2) is 0 Å². The molecule has 0 spiro atoms. The van der Waals surface area contributed by atoms with Gasteiger partial charge in [0.2, 0.25) is 0 Å². The van der Waals surface area contributed by atoms with Crippen molar-refractivity contribution in [3.63, 3.8) is 0 Å². The third-order valence-corrected chi connectivity index (χ3v) is 3.24. The van der Waals surface area contributed by atoms with Crippen LogP contribution in [0.1, 0.15) is 36.7 Å². The summed E-state index contributed by atoms with van der Waals surface area (Å²) in [7, 11) is 0. The van der Waals surface area contributed by atoms with Gasteiger partial charge in [0.1, 0.15) is 5.69 Å². The molecule has 1 fully saturated rings. The Morgan fingerprint density at radius 3 is 2.84 bits per heavy atom. The second-order valence-corrected chi connectivity index (χ2v) is 4.83. The van der Waals surface area contributed by atoms with Crippen molar-refractivity contribution in [2.75, 3.05) is 0 Å². The first kappa shape index (κ1) is 13.5. The van der Waals surface area contributed by atoms with Crippen LogP contribution in [0.25, 0.3) is 0 Å². The molecule has 1 aliphatic rings. The third-order valence-electron chi connectivity index (χ3n) is 3.24. The van der Waals surface area contributed by atoms with Crippen LogP contribution in [0.15, 0.2) is 12.3 Å². The maximum Gasteiger partial charge on any atom is 0.287 e. The van der Waals surface area contributed by atoms with Gasteiger partial charge in [-0.2, -0.15) is 0 Å². The van der Waals surface area contributed by atoms with Crippen molar-refractivity contribution in [1.29, 1.82) is 0 Å². The van der Waals surface area contributed by atoms with E-state index in [1.54, 1.807) is 4.57 Å². The molecule has 0 saturated heterocycles. The van der Waals surface area contributed by atoms with Crippen LogP contribution in [-0.4, -0.2) is 32.6 Å². The van der Waals surface area contributed by atoms with Crippen molar-refractivity contribution >= 4 is 11.6 Å². The second kappa shape index (κ2) is 5.40. The summed E-state index contributed by atoms with van der Waals surface area (Å²) in [5.74, 6) is -0.321. The van der Waals surface area contributed by atoms with Crippen LogP contribution < -0.4 is 5.32 Å². The molecule has 2 N–H and O–H groups in total. The Balaban J connectivity index is 2.12. The van der Waals surface area contributed by atoms with Gasteiger partial charge >= 0.3 is 0 Å². The monoisotopic (exact) mass is 267 g/mol. The number of rotatable bonds is 5. The number of carbonyl (C=O) groups excluding carboxylic acids is 1. The maximum absolute atomic E-state index is 12.0. The van der Waals surface area contributed by atoms with Gasteiger partial charge in [-0.05, 0) is 19.3 Å². The smallest absolute Gasteiger partial charge is 0.287 e. The molecule has 0 radical (unpaired) electrons. The normalized spacial score (nSPS) is 21.8. The summed E-state index contributed by atoms with van der Waals surface area (Å²) in [6.45, 7) is 2.50. The molecular formula is C12H17N3O4. The lowest BCUT2D eigenvalue weighted by atomic mass is 9.89. The molecule has 104 valence electrons. The van der Waals surface area contributed by atoms with Crippen molar-refractivity contribution in [1.82, 2.24) is 9.88 Å². The lowest BCUT2D eigenvalue weighted by molar-refractivity contribution is -0.384. The first-order chi connectivity index (χ1) is 9.01. The number of aliphatic hydroxyl groups excluding tert-OH is 1. The number of hydrogen-bond donors (Lipinski definition) is 2. The molecule has 0 atom stereocenters. The topological polar surface area (TPSA) is 97.4 Å². The van der Waals surface area contributed by atoms with E-state index in [9.17, 15) is 20.0 Å². The second-order valence-electron chi connectivity index (χ2n) is 4.83. The standard InChI is InChI=1S/C12H17N3O4/c1-2-3-14-7-9(15(18)19)6-11(14)12(17)13-8-4-10(16)5-8/h6-8,10,16H,2-5H2,1H3,(H,13,17). The number of hydrogen-bond acceptors (Lipinski definition) is 4. The number of aryl methyl sites for hydroxylation is 1. The van der Waals surface area contributed by atoms with Gasteiger partial charge < -0.3 is 15.0 Å². The van der Waals surface area contributed by atoms with E-state index in [-0.39, 0.29) is 23.7 Å². The molecule has 1 aromatic heterocycles. The van der Waals surface area contributed by atoms with Crippen LogP contribution in [0.5, 0.6) is 0 Å². The average Bonchev–Trinajstić information content (AvgIpc) is 2.72. The Hall–Kier alpha value is -1.89. The maximum atomic E-state index is 12.0. The summed E-state index contributed by atoms with van der Waals surface area (Å²) in [6, 6.07) is 1.26. The Bertz CT molecular complexity index is 491. The zero-order chi connectivity index (χ0) is 14.0. The Labute approximate surface area is 110 Å². The SMILES string of the molecule is CCCn1cc([N+](=O)[O-])cc1C(=O)NC1CC(O)C1. The van der Waals surface area contributed by atoms with Gasteiger partial charge in [0.05, 0.1) is 17.2 Å². The van der Waals surface area contributed by atoms with Crippen molar-refractivity contribution in [2.45, 2.75) is 44.9 Å². The van der Waals surface area contributed by atoms with Crippen LogP contribution in [0.3, 0.4) is 0 Å². The van der Waals surface area contributed by atoms with Gasteiger partial charge in [0.25, 0.3) is 11.6 Å². The molecule has 7 heteroatoms. The molecule has 1 aromatic rings. The first-order valence-corrected chi connectivity index (χ1v) is 6.34. The lowest BCUT2D eigenvalue weighted by Gasteiger charge is -2.31. The number of nitrogens with zero attached hydrogens (tertiary/aromatic N) is 2. The van der Waals surface area contributed by atoms with E-state index in [0.29, 0.717) is 25.1 Å². The molecule has 1 aliphatic carbocycles. The number of nitro groups is 1. The summed E-state index contributed by atoms with van der Waals surface area (Å²) in [4.78, 5) is 22.3. The molecule has 1 saturated carbocycles. The molecule has 1 heterocycles. The fourth-order valence-corrected chi connectivity index (χ4v) is 2.18. The van der Waals surface area contributed by atoms with E-state index < -0.39 is 4.92 Å². The van der Waals surface area contributed by atoms with E-state index in [4.69, 9.17) is 0 Å². The summed E-state index contributed by atoms with van der Waals surface area (Å²) in [6.07, 6.45) is 2.91. The largest absolute Gasteiger partial charge is 0.393 e. The van der Waals surface area contributed by atoms with Crippen molar-refractivity contribution in [3.8, 4) is 0 Å². The molecule has 0 bridgehead atoms. The first-order valence-electron chi connectivity index (χ1n) is 6.34. The predicted octanol–water partition coefficient (Wildman–Crippen LogP) is 1.06. The Morgan fingerprint density at radius 2 is 2.32 bits per heavy atom. The van der Waals surface area contributed by atoms with Gasteiger partial charge in [0, 0.05) is 18.7 Å². The van der Waals surface area contributed by atoms with E-state index in [2.05, 4.69) is 5.32 Å². The van der Waals surface area contributed by atoms with E-state index in [0.717, 1.165) is 6.42 Å². The molecule has 19 heavy (non-hydrogen) atoms. The van der Waals surface area contributed by atoms with Crippen LogP contribution in [0.2, 0.25) is 0 Å². The molecule has 0 aromatic carbocycles. The van der Waals surface area contributed by atoms with Crippen LogP contribution in [0, 0.1) is 10.1 Å². The summed E-state index contributed by atoms with van der Waals surface area (Å²) in [5.41, 5.74) is 0.224. The zero-order valence-electron chi connectivity index (χ0n) is 10.7. The molecule has 0 aliphatic heterocycles. The highest BCUT2D eigenvalue weighted by Gasteiger charge is 2.30. The van der Waals surface area contributed by atoms with E-state index in [1.165, 1.54) is 12.3 Å². The quantitative estimate of drug-likeness (QED) is 0.615. The predicted molar refractivity (Wildman–Crippen MR) is 67.9 cm³/mol. The fourth-order valence-electron chi connectivity index (χ4n) is 2.18. The minimum absolute atomic E-state index is 0.0356. The van der Waals surface area contributed by atoms with Crippen molar-refractivity contribution in [2.24, 2.45) is 0 Å². The third kappa shape index (κ3) is 2.93. The van der Waals surface area contributed by atoms with Gasteiger partial charge in [-0.15, -0.1) is 0 Å². The minimum Gasteiger partial charge on any atom is -0.393 e. The van der Waals surface area contributed by atoms with E-state index in [1.807, 2.05) is 6.92 Å². The highest BCUT2D eigenvalue weighted by atomic mass is 16.6. The van der Waals surface area contributed by atoms with E-state index >= 15 is 0 Å². The zero-order valence-corrected chi connectivity index (χ0v) is 10.7. The highest BCUT2D eigenvalue weighted by Crippen LogP contribution is 2.21. The highest BCUT2D eigenvalue weighted by molar-refractivity contribution is 5.93. The van der Waals surface area contributed by atoms with Crippen LogP contribution >= 0.6 is 0 Å². The number of amides is 1. The average molecular weight is 267 g/mol. The number of aromatic nitrogens is 1. The summed E-state index contributed by atoms with van der Waals surface area (Å²) < 4.78 is 1.60. The Kier molecular flexibility index (Phi) is 3.84. The lowest BCUT2D eigenvalue weighted by Crippen LogP contribution is -2.47. The van der Waals surface area contributed by atoms with Crippen LogP contribution in [0.4, 0.5) is 5.69 Å². The number of carbonyl (C=O) groups is 1. The fraction of sp³-hybridized carbons (Fsp3) is 0.583.